The fraction of sp³-hybridized carbons (Fsp3) is 1.00. The first kappa shape index (κ1) is 6.69. The van der Waals surface area contributed by atoms with Gasteiger partial charge < -0.3 is 0 Å². The van der Waals surface area contributed by atoms with Crippen LogP contribution in [0.1, 0.15) is 39.5 Å². The summed E-state index contributed by atoms with van der Waals surface area (Å²) in [5.41, 5.74) is 0. The molecule has 0 aromatic carbocycles. The monoisotopic (exact) mass is 138 g/mol. The summed E-state index contributed by atoms with van der Waals surface area (Å²) < 4.78 is 0. The van der Waals surface area contributed by atoms with Crippen LogP contribution in [0, 0.1) is 23.7 Å². The number of hydrogen-bond acceptors (Lipinski definition) is 0. The van der Waals surface area contributed by atoms with Crippen LogP contribution in [0.15, 0.2) is 0 Å². The predicted octanol–water partition coefficient (Wildman–Crippen LogP) is 3.08. The highest BCUT2D eigenvalue weighted by molar-refractivity contribution is 4.90. The second-order valence-electron chi connectivity index (χ2n) is 4.44. The molecule has 0 bridgehead atoms. The minimum atomic E-state index is 1.05. The molecule has 0 amide bonds. The Hall–Kier alpha value is 0. The average molecular weight is 138 g/mol. The normalized spacial score (nSPS) is 53.4. The zero-order valence-corrected chi connectivity index (χ0v) is 7.14. The summed E-state index contributed by atoms with van der Waals surface area (Å²) in [6, 6.07) is 0. The van der Waals surface area contributed by atoms with E-state index in [1.54, 1.807) is 0 Å². The molecular weight excluding hydrogens is 120 g/mol. The van der Waals surface area contributed by atoms with Crippen molar-refractivity contribution in [1.82, 2.24) is 0 Å². The van der Waals surface area contributed by atoms with Gasteiger partial charge in [-0.25, -0.2) is 0 Å². The minimum absolute atomic E-state index is 1.05. The standard InChI is InChI=1S/C10H18/c1-7-3-5-10-8(2)4-6-9(7)10/h7-10H,3-6H2,1-2H3/t7-,8-,9?,10?/m1/s1. The molecule has 0 aliphatic heterocycles. The molecule has 2 aliphatic rings. The second-order valence-corrected chi connectivity index (χ2v) is 4.44. The largest absolute Gasteiger partial charge is 0.0622 e. The van der Waals surface area contributed by atoms with Crippen molar-refractivity contribution in [2.24, 2.45) is 23.7 Å². The Morgan fingerprint density at radius 1 is 0.700 bits per heavy atom. The molecule has 0 N–H and O–H groups in total. The van der Waals surface area contributed by atoms with Gasteiger partial charge in [-0.2, -0.15) is 0 Å². The maximum Gasteiger partial charge on any atom is -0.0357 e. The predicted molar refractivity (Wildman–Crippen MR) is 43.8 cm³/mol. The van der Waals surface area contributed by atoms with E-state index in [0.29, 0.717) is 0 Å². The molecular formula is C10H18. The van der Waals surface area contributed by atoms with E-state index in [2.05, 4.69) is 13.8 Å². The molecule has 0 heteroatoms. The second kappa shape index (κ2) is 2.25. The van der Waals surface area contributed by atoms with Crippen molar-refractivity contribution in [3.63, 3.8) is 0 Å². The molecule has 0 heterocycles. The molecule has 0 aromatic heterocycles. The molecule has 10 heavy (non-hydrogen) atoms. The molecule has 0 radical (unpaired) electrons. The van der Waals surface area contributed by atoms with Crippen molar-refractivity contribution in [3.05, 3.63) is 0 Å². The van der Waals surface area contributed by atoms with Gasteiger partial charge in [0.15, 0.2) is 0 Å². The molecule has 4 atom stereocenters. The minimum Gasteiger partial charge on any atom is -0.0622 e. The lowest BCUT2D eigenvalue weighted by Crippen LogP contribution is -2.08. The molecule has 0 nitrogen and oxygen atoms in total. The summed E-state index contributed by atoms with van der Waals surface area (Å²) >= 11 is 0. The smallest absolute Gasteiger partial charge is 0.0357 e. The molecule has 0 aromatic rings. The number of fused-ring (bicyclic) bond motifs is 1. The summed E-state index contributed by atoms with van der Waals surface area (Å²) in [7, 11) is 0. The van der Waals surface area contributed by atoms with Crippen molar-refractivity contribution in [1.29, 1.82) is 0 Å². The van der Waals surface area contributed by atoms with Crippen molar-refractivity contribution in [3.8, 4) is 0 Å². The van der Waals surface area contributed by atoms with Gasteiger partial charge in [-0.1, -0.05) is 26.7 Å². The molecule has 58 valence electrons. The van der Waals surface area contributed by atoms with Gasteiger partial charge in [0.05, 0.1) is 0 Å². The van der Waals surface area contributed by atoms with Crippen LogP contribution in [0.3, 0.4) is 0 Å². The summed E-state index contributed by atoms with van der Waals surface area (Å²) in [4.78, 5) is 0. The third-order valence-electron chi connectivity index (χ3n) is 3.92. The topological polar surface area (TPSA) is 0 Å². The number of hydrogen-bond donors (Lipinski definition) is 0. The van der Waals surface area contributed by atoms with E-state index < -0.39 is 0 Å². The van der Waals surface area contributed by atoms with Gasteiger partial charge in [-0.15, -0.1) is 0 Å². The number of rotatable bonds is 0. The van der Waals surface area contributed by atoms with E-state index in [-0.39, 0.29) is 0 Å². The quantitative estimate of drug-likeness (QED) is 0.482. The third kappa shape index (κ3) is 0.810. The van der Waals surface area contributed by atoms with Gasteiger partial charge >= 0.3 is 0 Å². The summed E-state index contributed by atoms with van der Waals surface area (Å²) in [6.07, 6.45) is 6.10. The van der Waals surface area contributed by atoms with E-state index in [1.807, 2.05) is 0 Å². The molecule has 2 saturated carbocycles. The first-order valence-electron chi connectivity index (χ1n) is 4.79. The van der Waals surface area contributed by atoms with Crippen LogP contribution < -0.4 is 0 Å². The lowest BCUT2D eigenvalue weighted by molar-refractivity contribution is 0.339. The zero-order valence-electron chi connectivity index (χ0n) is 7.14. The van der Waals surface area contributed by atoms with Gasteiger partial charge in [0, 0.05) is 0 Å². The van der Waals surface area contributed by atoms with Crippen LogP contribution in [-0.4, -0.2) is 0 Å². The Labute approximate surface area is 64.0 Å². The van der Waals surface area contributed by atoms with Crippen LogP contribution >= 0.6 is 0 Å². The molecule has 2 aliphatic carbocycles. The third-order valence-corrected chi connectivity index (χ3v) is 3.92. The van der Waals surface area contributed by atoms with Crippen molar-refractivity contribution in [2.45, 2.75) is 39.5 Å². The van der Waals surface area contributed by atoms with Gasteiger partial charge in [-0.3, -0.25) is 0 Å². The highest BCUT2D eigenvalue weighted by atomic mass is 14.5. The van der Waals surface area contributed by atoms with Gasteiger partial charge in [0.1, 0.15) is 0 Å². The fourth-order valence-corrected chi connectivity index (χ4v) is 3.18. The van der Waals surface area contributed by atoms with Gasteiger partial charge in [0.25, 0.3) is 0 Å². The highest BCUT2D eigenvalue weighted by Gasteiger charge is 2.40. The molecule has 2 unspecified atom stereocenters. The van der Waals surface area contributed by atoms with Crippen LogP contribution in [0.5, 0.6) is 0 Å². The average Bonchev–Trinajstić information content (AvgIpc) is 2.41. The van der Waals surface area contributed by atoms with Gasteiger partial charge in [0.2, 0.25) is 0 Å². The van der Waals surface area contributed by atoms with E-state index in [1.165, 1.54) is 25.7 Å². The zero-order chi connectivity index (χ0) is 7.14. The van der Waals surface area contributed by atoms with Gasteiger partial charge in [-0.05, 0) is 36.5 Å². The maximum absolute atomic E-state index is 2.45. The summed E-state index contributed by atoms with van der Waals surface area (Å²) in [6.45, 7) is 4.89. The molecule has 0 saturated heterocycles. The Morgan fingerprint density at radius 2 is 1.10 bits per heavy atom. The Morgan fingerprint density at radius 3 is 1.50 bits per heavy atom. The molecule has 2 rings (SSSR count). The summed E-state index contributed by atoms with van der Waals surface area (Å²) in [5.74, 6) is 4.34. The molecule has 0 spiro atoms. The van der Waals surface area contributed by atoms with Crippen molar-refractivity contribution in [2.75, 3.05) is 0 Å². The van der Waals surface area contributed by atoms with E-state index >= 15 is 0 Å². The van der Waals surface area contributed by atoms with Crippen molar-refractivity contribution < 1.29 is 0 Å². The van der Waals surface area contributed by atoms with E-state index in [9.17, 15) is 0 Å². The Bertz CT molecular complexity index is 112. The lowest BCUT2D eigenvalue weighted by Gasteiger charge is -2.15. The lowest BCUT2D eigenvalue weighted by atomic mass is 9.91. The summed E-state index contributed by atoms with van der Waals surface area (Å²) in [5, 5.41) is 0. The van der Waals surface area contributed by atoms with E-state index in [0.717, 1.165) is 23.7 Å². The first-order chi connectivity index (χ1) is 4.79. The van der Waals surface area contributed by atoms with E-state index in [4.69, 9.17) is 0 Å². The van der Waals surface area contributed by atoms with Crippen LogP contribution in [-0.2, 0) is 0 Å². The fourth-order valence-electron chi connectivity index (χ4n) is 3.18. The SMILES string of the molecule is C[C@@H]1CCC2C1CC[C@H]2C. The maximum atomic E-state index is 2.45. The highest BCUT2D eigenvalue weighted by Crippen LogP contribution is 2.50. The first-order valence-corrected chi connectivity index (χ1v) is 4.79. The Balaban J connectivity index is 2.09. The Kier molecular flexibility index (Phi) is 1.51. The van der Waals surface area contributed by atoms with Crippen LogP contribution in [0.4, 0.5) is 0 Å². The van der Waals surface area contributed by atoms with Crippen molar-refractivity contribution >= 4 is 0 Å². The van der Waals surface area contributed by atoms with Crippen LogP contribution in [0.2, 0.25) is 0 Å². The molecule has 2 fully saturated rings. The van der Waals surface area contributed by atoms with Crippen LogP contribution in [0.25, 0.3) is 0 Å².